The fourth-order valence-electron chi connectivity index (χ4n) is 4.23. The fraction of sp³-hybridized carbons (Fsp3) is 0.292. The van der Waals surface area contributed by atoms with Crippen molar-refractivity contribution in [3.63, 3.8) is 0 Å². The molecule has 1 aliphatic carbocycles. The van der Waals surface area contributed by atoms with Gasteiger partial charge in [-0.1, -0.05) is 60.7 Å². The lowest BCUT2D eigenvalue weighted by atomic mass is 9.77. The molecule has 1 aliphatic heterocycles. The standard InChI is InChI=1S/C24H24N2O3S/c27-21(15-30-16-22(28)29)26-24(18-10-5-2-6-11-18)20-13-7-12-19(23(20)25-26)14-17-8-3-1-4-9-17/h1-6,8-11,14,20,24H,7,12-13,15-16H2,(H,28,29)/p-1/b19-14+/t20-,24+/m1/s1. The van der Waals surface area contributed by atoms with Crippen molar-refractivity contribution >= 4 is 35.4 Å². The molecule has 0 radical (unpaired) electrons. The summed E-state index contributed by atoms with van der Waals surface area (Å²) >= 11 is 1.05. The maximum Gasteiger partial charge on any atom is 0.253 e. The largest absolute Gasteiger partial charge is 0.549 e. The Morgan fingerprint density at radius 3 is 2.47 bits per heavy atom. The van der Waals surface area contributed by atoms with E-state index in [2.05, 4.69) is 18.2 Å². The molecule has 1 fully saturated rings. The Balaban J connectivity index is 1.66. The topological polar surface area (TPSA) is 72.8 Å². The summed E-state index contributed by atoms with van der Waals surface area (Å²) in [6.07, 6.45) is 5.13. The number of rotatable bonds is 6. The Morgan fingerprint density at radius 2 is 1.77 bits per heavy atom. The Bertz CT molecular complexity index is 972. The van der Waals surface area contributed by atoms with E-state index in [9.17, 15) is 14.7 Å². The van der Waals surface area contributed by atoms with Crippen LogP contribution in [-0.4, -0.2) is 34.1 Å². The van der Waals surface area contributed by atoms with Crippen LogP contribution in [0, 0.1) is 5.92 Å². The molecule has 2 atom stereocenters. The molecule has 0 saturated heterocycles. The van der Waals surface area contributed by atoms with E-state index < -0.39 is 5.97 Å². The van der Waals surface area contributed by atoms with Crippen molar-refractivity contribution < 1.29 is 14.7 Å². The lowest BCUT2D eigenvalue weighted by Crippen LogP contribution is -2.33. The van der Waals surface area contributed by atoms with Gasteiger partial charge in [0.2, 0.25) is 0 Å². The molecule has 2 aliphatic rings. The molecule has 1 amide bonds. The number of carbonyl (C=O) groups is 2. The van der Waals surface area contributed by atoms with E-state index in [1.807, 2.05) is 48.5 Å². The van der Waals surface area contributed by atoms with Crippen molar-refractivity contribution in [2.75, 3.05) is 11.5 Å². The van der Waals surface area contributed by atoms with E-state index in [0.717, 1.165) is 47.9 Å². The number of hydrogen-bond acceptors (Lipinski definition) is 5. The number of thioether (sulfide) groups is 1. The number of hydrogen-bond donors (Lipinski definition) is 0. The van der Waals surface area contributed by atoms with E-state index >= 15 is 0 Å². The minimum absolute atomic E-state index is 0.0680. The number of allylic oxidation sites excluding steroid dienone is 1. The van der Waals surface area contributed by atoms with Gasteiger partial charge in [-0.25, -0.2) is 5.01 Å². The third-order valence-corrected chi connectivity index (χ3v) is 6.37. The summed E-state index contributed by atoms with van der Waals surface area (Å²) in [6, 6.07) is 20.0. The Kier molecular flexibility index (Phi) is 6.33. The van der Waals surface area contributed by atoms with Crippen LogP contribution >= 0.6 is 11.8 Å². The quantitative estimate of drug-likeness (QED) is 0.720. The molecule has 154 valence electrons. The molecule has 4 rings (SSSR count). The van der Waals surface area contributed by atoms with Gasteiger partial charge in [-0.3, -0.25) is 4.79 Å². The lowest BCUT2D eigenvalue weighted by Gasteiger charge is -2.29. The molecule has 1 saturated carbocycles. The van der Waals surface area contributed by atoms with Gasteiger partial charge in [0.05, 0.1) is 23.5 Å². The summed E-state index contributed by atoms with van der Waals surface area (Å²) in [6.45, 7) is 0. The first-order valence-electron chi connectivity index (χ1n) is 10.1. The molecule has 2 aromatic carbocycles. The second-order valence-electron chi connectivity index (χ2n) is 7.52. The zero-order valence-electron chi connectivity index (χ0n) is 16.6. The van der Waals surface area contributed by atoms with E-state index in [4.69, 9.17) is 5.10 Å². The molecule has 6 heteroatoms. The summed E-state index contributed by atoms with van der Waals surface area (Å²) in [5.41, 5.74) is 4.34. The zero-order valence-corrected chi connectivity index (χ0v) is 17.4. The average Bonchev–Trinajstić information content (AvgIpc) is 3.15. The van der Waals surface area contributed by atoms with Crippen molar-refractivity contribution in [3.8, 4) is 0 Å². The van der Waals surface area contributed by atoms with Crippen molar-refractivity contribution in [1.29, 1.82) is 0 Å². The second-order valence-corrected chi connectivity index (χ2v) is 8.51. The van der Waals surface area contributed by atoms with Gasteiger partial charge in [-0.2, -0.15) is 5.10 Å². The Hall–Kier alpha value is -2.86. The summed E-state index contributed by atoms with van der Waals surface area (Å²) in [5, 5.41) is 17.1. The highest BCUT2D eigenvalue weighted by atomic mass is 32.2. The predicted octanol–water partition coefficient (Wildman–Crippen LogP) is 3.29. The highest BCUT2D eigenvalue weighted by Gasteiger charge is 2.43. The number of hydrazone groups is 1. The number of carboxylic acids is 1. The molecule has 2 aromatic rings. The van der Waals surface area contributed by atoms with Crippen LogP contribution in [0.15, 0.2) is 71.3 Å². The molecule has 0 N–H and O–H groups in total. The predicted molar refractivity (Wildman–Crippen MR) is 118 cm³/mol. The monoisotopic (exact) mass is 419 g/mol. The van der Waals surface area contributed by atoms with Crippen LogP contribution in [0.5, 0.6) is 0 Å². The van der Waals surface area contributed by atoms with Gasteiger partial charge < -0.3 is 9.90 Å². The minimum Gasteiger partial charge on any atom is -0.549 e. The molecule has 0 spiro atoms. The van der Waals surface area contributed by atoms with Gasteiger partial charge in [-0.05, 0) is 42.0 Å². The number of carboxylic acid groups (broad SMARTS) is 1. The van der Waals surface area contributed by atoms with Crippen LogP contribution in [0.2, 0.25) is 0 Å². The van der Waals surface area contributed by atoms with Gasteiger partial charge in [0.15, 0.2) is 0 Å². The van der Waals surface area contributed by atoms with Crippen LogP contribution < -0.4 is 5.11 Å². The fourth-order valence-corrected chi connectivity index (χ4v) is 4.80. The van der Waals surface area contributed by atoms with Crippen LogP contribution in [-0.2, 0) is 9.59 Å². The van der Waals surface area contributed by atoms with Crippen molar-refractivity contribution in [2.45, 2.75) is 25.3 Å². The van der Waals surface area contributed by atoms with Gasteiger partial charge in [0.1, 0.15) is 0 Å². The minimum atomic E-state index is -1.16. The second kappa shape index (κ2) is 9.30. The van der Waals surface area contributed by atoms with Crippen LogP contribution in [0.3, 0.4) is 0 Å². The molecule has 0 bridgehead atoms. The van der Waals surface area contributed by atoms with Crippen LogP contribution in [0.1, 0.15) is 36.4 Å². The summed E-state index contributed by atoms with van der Waals surface area (Å²) < 4.78 is 0. The Labute approximate surface area is 180 Å². The molecular weight excluding hydrogens is 396 g/mol. The van der Waals surface area contributed by atoms with Crippen LogP contribution in [0.4, 0.5) is 0 Å². The maximum absolute atomic E-state index is 13.0. The lowest BCUT2D eigenvalue weighted by molar-refractivity contribution is -0.301. The van der Waals surface area contributed by atoms with Gasteiger partial charge in [0.25, 0.3) is 5.91 Å². The summed E-state index contributed by atoms with van der Waals surface area (Å²) in [4.78, 5) is 23.7. The van der Waals surface area contributed by atoms with Crippen LogP contribution in [0.25, 0.3) is 6.08 Å². The van der Waals surface area contributed by atoms with Gasteiger partial charge in [-0.15, -0.1) is 11.8 Å². The summed E-state index contributed by atoms with van der Waals surface area (Å²) in [7, 11) is 0. The number of fused-ring (bicyclic) bond motifs is 1. The smallest absolute Gasteiger partial charge is 0.253 e. The number of carbonyl (C=O) groups excluding carboxylic acids is 2. The first-order valence-corrected chi connectivity index (χ1v) is 11.3. The molecule has 0 unspecified atom stereocenters. The first-order chi connectivity index (χ1) is 14.6. The molecule has 1 heterocycles. The highest BCUT2D eigenvalue weighted by Crippen LogP contribution is 2.44. The Morgan fingerprint density at radius 1 is 1.07 bits per heavy atom. The number of nitrogens with zero attached hydrogens (tertiary/aromatic N) is 2. The molecule has 30 heavy (non-hydrogen) atoms. The number of amides is 1. The number of benzene rings is 2. The van der Waals surface area contributed by atoms with E-state index in [1.165, 1.54) is 5.57 Å². The third kappa shape index (κ3) is 4.49. The summed E-state index contributed by atoms with van der Waals surface area (Å²) in [5.74, 6) is -1.32. The average molecular weight is 420 g/mol. The van der Waals surface area contributed by atoms with Crippen molar-refractivity contribution in [1.82, 2.24) is 5.01 Å². The maximum atomic E-state index is 13.0. The van der Waals surface area contributed by atoms with E-state index in [-0.39, 0.29) is 29.4 Å². The van der Waals surface area contributed by atoms with Gasteiger partial charge >= 0.3 is 0 Å². The zero-order chi connectivity index (χ0) is 20.9. The van der Waals surface area contributed by atoms with Crippen molar-refractivity contribution in [3.05, 3.63) is 77.4 Å². The van der Waals surface area contributed by atoms with Gasteiger partial charge in [0, 0.05) is 11.7 Å². The number of aliphatic carboxylic acids is 1. The van der Waals surface area contributed by atoms with E-state index in [0.29, 0.717) is 0 Å². The third-order valence-electron chi connectivity index (χ3n) is 5.48. The molecular formula is C24H23N2O3S-. The van der Waals surface area contributed by atoms with Crippen molar-refractivity contribution in [2.24, 2.45) is 11.0 Å². The molecule has 5 nitrogen and oxygen atoms in total. The highest BCUT2D eigenvalue weighted by molar-refractivity contribution is 8.00. The normalized spacial score (nSPS) is 21.9. The first kappa shape index (κ1) is 20.4. The molecule has 0 aromatic heterocycles. The van der Waals surface area contributed by atoms with E-state index in [1.54, 1.807) is 5.01 Å². The SMILES string of the molecule is O=C([O-])CSCC(=O)N1N=C2/C(=C/c3ccccc3)CCC[C@H]2[C@@H]1c1ccccc1.